The summed E-state index contributed by atoms with van der Waals surface area (Å²) in [7, 11) is -3.18. The van der Waals surface area contributed by atoms with Crippen LogP contribution in [0.5, 0.6) is 0 Å². The molecule has 2 heterocycles. The summed E-state index contributed by atoms with van der Waals surface area (Å²) in [6.07, 6.45) is 3.68. The molecule has 114 valence electrons. The van der Waals surface area contributed by atoms with Gasteiger partial charge in [0, 0.05) is 25.7 Å². The number of sulfonamides is 1. The van der Waals surface area contributed by atoms with E-state index in [-0.39, 0.29) is 36.2 Å². The van der Waals surface area contributed by atoms with Crippen molar-refractivity contribution in [3.05, 3.63) is 0 Å². The molecule has 19 heavy (non-hydrogen) atoms. The van der Waals surface area contributed by atoms with Crippen LogP contribution in [0, 0.1) is 5.92 Å². The van der Waals surface area contributed by atoms with Gasteiger partial charge in [0.15, 0.2) is 0 Å². The number of nitrogens with two attached hydrogens (primary N) is 1. The molecule has 7 heteroatoms. The lowest BCUT2D eigenvalue weighted by atomic mass is 9.93. The molecule has 0 aromatic carbocycles. The fourth-order valence-corrected chi connectivity index (χ4v) is 4.54. The van der Waals surface area contributed by atoms with E-state index in [1.165, 1.54) is 0 Å². The molecule has 2 aliphatic heterocycles. The Balaban J connectivity index is 0.00000180. The van der Waals surface area contributed by atoms with Gasteiger partial charge in [-0.2, -0.15) is 0 Å². The highest BCUT2D eigenvalue weighted by Crippen LogP contribution is 2.23. The zero-order chi connectivity index (χ0) is 13.2. The first kappa shape index (κ1) is 17.2. The summed E-state index contributed by atoms with van der Waals surface area (Å²) in [4.78, 5) is 0. The van der Waals surface area contributed by atoms with Crippen molar-refractivity contribution in [3.8, 4) is 0 Å². The number of nitrogens with zero attached hydrogens (tertiary/aromatic N) is 1. The highest BCUT2D eigenvalue weighted by Gasteiger charge is 2.33. The van der Waals surface area contributed by atoms with Gasteiger partial charge in [-0.15, -0.1) is 12.4 Å². The highest BCUT2D eigenvalue weighted by molar-refractivity contribution is 7.89. The Kier molecular flexibility index (Phi) is 6.53. The highest BCUT2D eigenvalue weighted by atomic mass is 35.5. The minimum atomic E-state index is -3.18. The van der Waals surface area contributed by atoms with Crippen molar-refractivity contribution in [2.75, 3.05) is 25.4 Å². The summed E-state index contributed by atoms with van der Waals surface area (Å²) in [6.45, 7) is 3.87. The maximum absolute atomic E-state index is 12.3. The third-order valence-corrected chi connectivity index (χ3v) is 5.89. The van der Waals surface area contributed by atoms with Gasteiger partial charge in [0.2, 0.25) is 10.0 Å². The van der Waals surface area contributed by atoms with Crippen LogP contribution in [0.15, 0.2) is 0 Å². The van der Waals surface area contributed by atoms with Gasteiger partial charge in [-0.25, -0.2) is 12.7 Å². The van der Waals surface area contributed by atoms with Crippen LogP contribution in [0.2, 0.25) is 0 Å². The van der Waals surface area contributed by atoms with Gasteiger partial charge in [0.1, 0.15) is 0 Å². The molecule has 0 aromatic heterocycles. The zero-order valence-electron chi connectivity index (χ0n) is 11.5. The fraction of sp³-hybridized carbons (Fsp3) is 1.00. The number of hydrogen-bond donors (Lipinski definition) is 1. The van der Waals surface area contributed by atoms with Crippen molar-refractivity contribution in [3.63, 3.8) is 0 Å². The molecule has 2 N–H and O–H groups in total. The maximum Gasteiger partial charge on any atom is 0.216 e. The lowest BCUT2D eigenvalue weighted by Crippen LogP contribution is -2.46. The molecular weight excluding hydrogens is 288 g/mol. The third kappa shape index (κ3) is 4.56. The molecule has 0 radical (unpaired) electrons. The van der Waals surface area contributed by atoms with Gasteiger partial charge in [0.05, 0.1) is 11.9 Å². The lowest BCUT2D eigenvalue weighted by molar-refractivity contribution is 0.125. The van der Waals surface area contributed by atoms with Gasteiger partial charge < -0.3 is 10.5 Å². The second-order valence-corrected chi connectivity index (χ2v) is 7.55. The molecule has 2 rings (SSSR count). The zero-order valence-corrected chi connectivity index (χ0v) is 13.1. The summed E-state index contributed by atoms with van der Waals surface area (Å²) in [5.41, 5.74) is 5.89. The van der Waals surface area contributed by atoms with E-state index in [0.717, 1.165) is 25.7 Å². The molecule has 2 fully saturated rings. The first-order valence-electron chi connectivity index (χ1n) is 6.84. The van der Waals surface area contributed by atoms with E-state index in [0.29, 0.717) is 19.7 Å². The van der Waals surface area contributed by atoms with E-state index >= 15 is 0 Å². The summed E-state index contributed by atoms with van der Waals surface area (Å²) < 4.78 is 31.7. The molecule has 3 unspecified atom stereocenters. The Morgan fingerprint density at radius 3 is 2.68 bits per heavy atom. The van der Waals surface area contributed by atoms with Crippen molar-refractivity contribution in [2.45, 2.75) is 44.8 Å². The lowest BCUT2D eigenvalue weighted by Gasteiger charge is -2.34. The van der Waals surface area contributed by atoms with Crippen LogP contribution in [0.25, 0.3) is 0 Å². The Morgan fingerprint density at radius 2 is 2.11 bits per heavy atom. The number of piperidine rings is 1. The van der Waals surface area contributed by atoms with Crippen molar-refractivity contribution >= 4 is 22.4 Å². The fourth-order valence-electron chi connectivity index (χ4n) is 2.77. The second-order valence-electron chi connectivity index (χ2n) is 5.53. The normalized spacial score (nSPS) is 30.8. The Hall–Kier alpha value is 0.120. The predicted octanol–water partition coefficient (Wildman–Crippen LogP) is 0.976. The maximum atomic E-state index is 12.3. The summed E-state index contributed by atoms with van der Waals surface area (Å²) in [5, 5.41) is 0. The molecule has 5 nitrogen and oxygen atoms in total. The first-order chi connectivity index (χ1) is 8.49. The minimum absolute atomic E-state index is 0. The average Bonchev–Trinajstić information content (AvgIpc) is 2.81. The van der Waals surface area contributed by atoms with E-state index in [2.05, 4.69) is 0 Å². The SMILES string of the molecule is CC(N)C1CCCN(S(=O)(=O)CC2CCCO2)C1.Cl. The van der Waals surface area contributed by atoms with Gasteiger partial charge >= 0.3 is 0 Å². The molecule has 0 aromatic rings. The molecule has 0 amide bonds. The standard InChI is InChI=1S/C12H24N2O3S.ClH/c1-10(13)11-4-2-6-14(8-11)18(15,16)9-12-5-3-7-17-12;/h10-12H,2-9,13H2,1H3;1H. The largest absolute Gasteiger partial charge is 0.377 e. The minimum Gasteiger partial charge on any atom is -0.377 e. The molecule has 3 atom stereocenters. The number of hydrogen-bond acceptors (Lipinski definition) is 4. The molecule has 0 aliphatic carbocycles. The number of halogens is 1. The molecule has 0 bridgehead atoms. The van der Waals surface area contributed by atoms with Crippen LogP contribution < -0.4 is 5.73 Å². The molecule has 0 spiro atoms. The molecule has 2 saturated heterocycles. The smallest absolute Gasteiger partial charge is 0.216 e. The topological polar surface area (TPSA) is 72.6 Å². The summed E-state index contributed by atoms with van der Waals surface area (Å²) in [6, 6.07) is 0.0609. The van der Waals surface area contributed by atoms with Crippen molar-refractivity contribution < 1.29 is 13.2 Å². The van der Waals surface area contributed by atoms with Crippen LogP contribution in [0.4, 0.5) is 0 Å². The molecule has 2 aliphatic rings. The second kappa shape index (κ2) is 7.22. The third-order valence-electron chi connectivity index (χ3n) is 3.98. The van der Waals surface area contributed by atoms with E-state index in [1.54, 1.807) is 4.31 Å². The van der Waals surface area contributed by atoms with Crippen LogP contribution in [-0.2, 0) is 14.8 Å². The van der Waals surface area contributed by atoms with Gasteiger partial charge in [-0.3, -0.25) is 0 Å². The van der Waals surface area contributed by atoms with Crippen LogP contribution in [0.1, 0.15) is 32.6 Å². The monoisotopic (exact) mass is 312 g/mol. The van der Waals surface area contributed by atoms with Crippen LogP contribution >= 0.6 is 12.4 Å². The van der Waals surface area contributed by atoms with Gasteiger partial charge in [-0.1, -0.05) is 0 Å². The Morgan fingerprint density at radius 1 is 1.37 bits per heavy atom. The van der Waals surface area contributed by atoms with E-state index in [9.17, 15) is 8.42 Å². The van der Waals surface area contributed by atoms with Crippen LogP contribution in [0.3, 0.4) is 0 Å². The van der Waals surface area contributed by atoms with Crippen LogP contribution in [-0.4, -0.2) is 50.3 Å². The van der Waals surface area contributed by atoms with E-state index in [4.69, 9.17) is 10.5 Å². The number of ether oxygens (including phenoxy) is 1. The first-order valence-corrected chi connectivity index (χ1v) is 8.45. The summed E-state index contributed by atoms with van der Waals surface area (Å²) in [5.74, 6) is 0.427. The van der Waals surface area contributed by atoms with Crippen molar-refractivity contribution in [1.29, 1.82) is 0 Å². The van der Waals surface area contributed by atoms with Crippen molar-refractivity contribution in [2.24, 2.45) is 11.7 Å². The molecular formula is C12H25ClN2O3S. The summed E-state index contributed by atoms with van der Waals surface area (Å²) >= 11 is 0. The molecule has 0 saturated carbocycles. The van der Waals surface area contributed by atoms with E-state index in [1.807, 2.05) is 6.92 Å². The quantitative estimate of drug-likeness (QED) is 0.840. The Labute approximate surface area is 122 Å². The van der Waals surface area contributed by atoms with Crippen molar-refractivity contribution in [1.82, 2.24) is 4.31 Å². The van der Waals surface area contributed by atoms with Gasteiger partial charge in [-0.05, 0) is 38.5 Å². The Bertz CT molecular complexity index is 369. The predicted molar refractivity (Wildman–Crippen MR) is 78.0 cm³/mol. The average molecular weight is 313 g/mol. The van der Waals surface area contributed by atoms with Gasteiger partial charge in [0.25, 0.3) is 0 Å². The number of rotatable bonds is 4. The van der Waals surface area contributed by atoms with E-state index < -0.39 is 10.0 Å².